The number of H-pyrrole nitrogens is 1. The number of aromatic amines is 1. The topological polar surface area (TPSA) is 79.9 Å². The number of halogens is 5. The largest absolute Gasteiger partial charge is 0.494 e. The number of carbonyl (C=O) groups is 1. The molecule has 0 saturated carbocycles. The zero-order chi connectivity index (χ0) is 19.1. The lowest BCUT2D eigenvalue weighted by Crippen LogP contribution is -2.13. The summed E-state index contributed by atoms with van der Waals surface area (Å²) in [4.78, 5) is 22.0. The summed E-state index contributed by atoms with van der Waals surface area (Å²) < 4.78 is 43.9. The van der Waals surface area contributed by atoms with E-state index in [0.29, 0.717) is 0 Å². The van der Waals surface area contributed by atoms with Crippen LogP contribution in [0.3, 0.4) is 0 Å². The number of nitrogens with one attached hydrogen (secondary N) is 2. The molecule has 1 amide bonds. The van der Waals surface area contributed by atoms with Gasteiger partial charge in [-0.2, -0.15) is 13.2 Å². The number of benzene rings is 1. The first-order valence-electron chi connectivity index (χ1n) is 6.96. The highest BCUT2D eigenvalue weighted by Gasteiger charge is 2.36. The van der Waals surface area contributed by atoms with Crippen molar-refractivity contribution in [1.82, 2.24) is 15.0 Å². The number of hydrogen-bond acceptors (Lipinski definition) is 4. The van der Waals surface area contributed by atoms with Crippen LogP contribution in [0.2, 0.25) is 10.0 Å². The minimum absolute atomic E-state index is 0.0561. The van der Waals surface area contributed by atoms with Gasteiger partial charge in [-0.15, -0.1) is 0 Å². The molecule has 2 heterocycles. The number of methoxy groups -OCH3 is 1. The summed E-state index contributed by atoms with van der Waals surface area (Å²) in [6.07, 6.45) is -2.18. The van der Waals surface area contributed by atoms with Crippen molar-refractivity contribution in [3.05, 3.63) is 46.0 Å². The Morgan fingerprint density at radius 3 is 2.46 bits per heavy atom. The Morgan fingerprint density at radius 1 is 1.23 bits per heavy atom. The number of ether oxygens (including phenoxy) is 1. The molecule has 2 aromatic heterocycles. The van der Waals surface area contributed by atoms with Gasteiger partial charge >= 0.3 is 6.18 Å². The van der Waals surface area contributed by atoms with Gasteiger partial charge in [0.2, 0.25) is 5.82 Å². The normalized spacial score (nSPS) is 11.6. The molecule has 3 rings (SSSR count). The van der Waals surface area contributed by atoms with Crippen LogP contribution in [0.1, 0.15) is 16.2 Å². The molecular formula is C15H9Cl2F3N4O2. The number of rotatable bonds is 3. The first-order chi connectivity index (χ1) is 12.2. The lowest BCUT2D eigenvalue weighted by atomic mass is 10.1. The molecule has 26 heavy (non-hydrogen) atoms. The number of aromatic nitrogens is 3. The van der Waals surface area contributed by atoms with E-state index in [1.54, 1.807) is 0 Å². The third kappa shape index (κ3) is 3.27. The van der Waals surface area contributed by atoms with Gasteiger partial charge in [-0.3, -0.25) is 9.78 Å². The highest BCUT2D eigenvalue weighted by Crippen LogP contribution is 2.34. The summed E-state index contributed by atoms with van der Waals surface area (Å²) in [7, 11) is 1.29. The third-order valence-corrected chi connectivity index (χ3v) is 4.00. The van der Waals surface area contributed by atoms with Gasteiger partial charge in [0.05, 0.1) is 28.4 Å². The monoisotopic (exact) mass is 404 g/mol. The molecule has 0 saturated heterocycles. The quantitative estimate of drug-likeness (QED) is 0.671. The molecule has 0 fully saturated rings. The van der Waals surface area contributed by atoms with Crippen LogP contribution in [-0.2, 0) is 6.18 Å². The van der Waals surface area contributed by atoms with Crippen LogP contribution in [0.25, 0.3) is 11.0 Å². The second-order valence-corrected chi connectivity index (χ2v) is 5.87. The lowest BCUT2D eigenvalue weighted by molar-refractivity contribution is -0.144. The Labute approximate surface area is 154 Å². The van der Waals surface area contributed by atoms with Crippen molar-refractivity contribution >= 4 is 45.8 Å². The molecule has 2 N–H and O–H groups in total. The van der Waals surface area contributed by atoms with E-state index in [4.69, 9.17) is 27.9 Å². The van der Waals surface area contributed by atoms with Crippen molar-refractivity contribution in [2.45, 2.75) is 6.18 Å². The van der Waals surface area contributed by atoms with E-state index in [1.807, 2.05) is 0 Å². The number of nitrogens with zero attached hydrogens (tertiary/aromatic N) is 2. The van der Waals surface area contributed by atoms with Crippen molar-refractivity contribution in [3.8, 4) is 5.75 Å². The first-order valence-corrected chi connectivity index (χ1v) is 7.72. The number of alkyl halides is 3. The maximum absolute atomic E-state index is 13.0. The lowest BCUT2D eigenvalue weighted by Gasteiger charge is -2.10. The fraction of sp³-hybridized carbons (Fsp3) is 0.133. The molecule has 6 nitrogen and oxygen atoms in total. The molecule has 1 aromatic carbocycles. The van der Waals surface area contributed by atoms with Crippen molar-refractivity contribution in [2.24, 2.45) is 0 Å². The van der Waals surface area contributed by atoms with Gasteiger partial charge in [-0.25, -0.2) is 4.98 Å². The minimum Gasteiger partial charge on any atom is -0.494 e. The number of imidazole rings is 1. The second kappa shape index (κ2) is 6.65. The Kier molecular flexibility index (Phi) is 4.68. The molecule has 0 atom stereocenters. The predicted octanol–water partition coefficient (Wildman–Crippen LogP) is 4.54. The molecule has 0 bridgehead atoms. The highest BCUT2D eigenvalue weighted by atomic mass is 35.5. The zero-order valence-electron chi connectivity index (χ0n) is 12.9. The van der Waals surface area contributed by atoms with Crippen LogP contribution >= 0.6 is 23.2 Å². The Balaban J connectivity index is 2.10. The SMILES string of the molecule is COc1ccc(C(=O)Nc2c(Cl)cncc2Cl)c2nc(C(F)(F)F)[nH]c12. The fourth-order valence-electron chi connectivity index (χ4n) is 2.27. The van der Waals surface area contributed by atoms with Crippen molar-refractivity contribution in [3.63, 3.8) is 0 Å². The average Bonchev–Trinajstić information content (AvgIpc) is 3.03. The number of anilines is 1. The summed E-state index contributed by atoms with van der Waals surface area (Å²) >= 11 is 11.9. The average molecular weight is 405 g/mol. The third-order valence-electron chi connectivity index (χ3n) is 3.43. The molecule has 0 aliphatic carbocycles. The second-order valence-electron chi connectivity index (χ2n) is 5.05. The predicted molar refractivity (Wildman–Crippen MR) is 89.9 cm³/mol. The molecule has 0 spiro atoms. The van der Waals surface area contributed by atoms with E-state index in [1.165, 1.54) is 31.6 Å². The molecular weight excluding hydrogens is 396 g/mol. The van der Waals surface area contributed by atoms with Gasteiger partial charge in [0.1, 0.15) is 16.8 Å². The van der Waals surface area contributed by atoms with E-state index in [2.05, 4.69) is 20.3 Å². The molecule has 0 aliphatic heterocycles. The first kappa shape index (κ1) is 18.3. The van der Waals surface area contributed by atoms with Crippen molar-refractivity contribution < 1.29 is 22.7 Å². The number of pyridine rings is 1. The molecule has 0 unspecified atom stereocenters. The zero-order valence-corrected chi connectivity index (χ0v) is 14.4. The molecule has 3 aromatic rings. The summed E-state index contributed by atoms with van der Waals surface area (Å²) in [5, 5.41) is 2.61. The van der Waals surface area contributed by atoms with Crippen LogP contribution in [0.4, 0.5) is 18.9 Å². The van der Waals surface area contributed by atoms with Crippen LogP contribution in [0.5, 0.6) is 5.75 Å². The fourth-order valence-corrected chi connectivity index (χ4v) is 2.73. The van der Waals surface area contributed by atoms with Crippen LogP contribution in [0, 0.1) is 0 Å². The summed E-state index contributed by atoms with van der Waals surface area (Å²) in [6, 6.07) is 2.64. The van der Waals surface area contributed by atoms with Crippen LogP contribution in [0.15, 0.2) is 24.5 Å². The van der Waals surface area contributed by atoms with Gasteiger partial charge in [-0.1, -0.05) is 23.2 Å². The number of hydrogen-bond donors (Lipinski definition) is 2. The Morgan fingerprint density at radius 2 is 1.88 bits per heavy atom. The van der Waals surface area contributed by atoms with Gasteiger partial charge in [0.25, 0.3) is 5.91 Å². The molecule has 0 radical (unpaired) electrons. The van der Waals surface area contributed by atoms with E-state index in [9.17, 15) is 18.0 Å². The van der Waals surface area contributed by atoms with Gasteiger partial charge < -0.3 is 15.0 Å². The van der Waals surface area contributed by atoms with Crippen LogP contribution < -0.4 is 10.1 Å². The number of amides is 1. The van der Waals surface area contributed by atoms with E-state index >= 15 is 0 Å². The standard InChI is InChI=1S/C15H9Cl2F3N4O2/c1-26-9-3-2-6(10-12(9)24-14(23-10)15(18,19)20)13(25)22-11-7(16)4-21-5-8(11)17/h2-5H,1H3,(H,23,24)(H,21,22,25). The molecule has 0 aliphatic rings. The van der Waals surface area contributed by atoms with Crippen LogP contribution in [-0.4, -0.2) is 28.0 Å². The number of carbonyl (C=O) groups excluding carboxylic acids is 1. The van der Waals surface area contributed by atoms with Crippen molar-refractivity contribution in [1.29, 1.82) is 0 Å². The molecule has 11 heteroatoms. The summed E-state index contributed by atoms with van der Waals surface area (Å²) in [5.41, 5.74) is -0.282. The number of fused-ring (bicyclic) bond motifs is 1. The smallest absolute Gasteiger partial charge is 0.449 e. The highest BCUT2D eigenvalue weighted by molar-refractivity contribution is 6.39. The van der Waals surface area contributed by atoms with Gasteiger partial charge in [0.15, 0.2) is 0 Å². The van der Waals surface area contributed by atoms with E-state index < -0.39 is 17.9 Å². The Hall–Kier alpha value is -2.52. The van der Waals surface area contributed by atoms with Gasteiger partial charge in [-0.05, 0) is 12.1 Å². The molecule has 136 valence electrons. The van der Waals surface area contributed by atoms with E-state index in [0.717, 1.165) is 0 Å². The Bertz CT molecular complexity index is 984. The maximum atomic E-state index is 13.0. The summed E-state index contributed by atoms with van der Waals surface area (Å²) in [6.45, 7) is 0. The van der Waals surface area contributed by atoms with Crippen molar-refractivity contribution in [2.75, 3.05) is 12.4 Å². The maximum Gasteiger partial charge on any atom is 0.449 e. The van der Waals surface area contributed by atoms with Gasteiger partial charge in [0, 0.05) is 12.4 Å². The summed E-state index contributed by atoms with van der Waals surface area (Å²) in [5.74, 6) is -1.88. The van der Waals surface area contributed by atoms with E-state index in [-0.39, 0.29) is 38.1 Å². The minimum atomic E-state index is -4.71.